The van der Waals surface area contributed by atoms with Crippen LogP contribution in [0.3, 0.4) is 0 Å². The number of likely N-dealkylation sites (N-methyl/N-ethyl adjacent to an activating group) is 1. The summed E-state index contributed by atoms with van der Waals surface area (Å²) < 4.78 is 5.72. The quantitative estimate of drug-likeness (QED) is 0.845. The van der Waals surface area contributed by atoms with E-state index in [1.165, 1.54) is 25.7 Å². The highest BCUT2D eigenvalue weighted by molar-refractivity contribution is 7.80. The molecule has 2 bridgehead atoms. The van der Waals surface area contributed by atoms with E-state index < -0.39 is 0 Å². The summed E-state index contributed by atoms with van der Waals surface area (Å²) in [6, 6.07) is 10.5. The minimum atomic E-state index is 0.605. The third-order valence-corrected chi connectivity index (χ3v) is 5.26. The van der Waals surface area contributed by atoms with Gasteiger partial charge in [0.25, 0.3) is 0 Å². The molecule has 2 aliphatic rings. The molecule has 3 nitrogen and oxygen atoms in total. The van der Waals surface area contributed by atoms with E-state index >= 15 is 0 Å². The van der Waals surface area contributed by atoms with Crippen LogP contribution in [-0.4, -0.2) is 36.3 Å². The fraction of sp³-hybridized carbons (Fsp3) is 0.588. The van der Waals surface area contributed by atoms with Crippen LogP contribution in [0.4, 0.5) is 0 Å². The van der Waals surface area contributed by atoms with Crippen molar-refractivity contribution in [3.05, 3.63) is 30.3 Å². The minimum absolute atomic E-state index is 0.605. The summed E-state index contributed by atoms with van der Waals surface area (Å²) in [7, 11) is 2.04. The maximum atomic E-state index is 5.72. The number of ether oxygens (including phenoxy) is 1. The van der Waals surface area contributed by atoms with Crippen LogP contribution in [0.15, 0.2) is 30.3 Å². The molecule has 21 heavy (non-hydrogen) atoms. The highest BCUT2D eigenvalue weighted by Gasteiger charge is 2.39. The Morgan fingerprint density at radius 1 is 1.29 bits per heavy atom. The Morgan fingerprint density at radius 2 is 2.10 bits per heavy atom. The van der Waals surface area contributed by atoms with Crippen LogP contribution in [0.25, 0.3) is 0 Å². The zero-order valence-corrected chi connectivity index (χ0v) is 13.4. The topological polar surface area (TPSA) is 24.5 Å². The second-order valence-corrected chi connectivity index (χ2v) is 6.70. The van der Waals surface area contributed by atoms with Gasteiger partial charge in [0.15, 0.2) is 5.11 Å². The Morgan fingerprint density at radius 3 is 2.76 bits per heavy atom. The molecule has 3 atom stereocenters. The lowest BCUT2D eigenvalue weighted by Crippen LogP contribution is -2.46. The van der Waals surface area contributed by atoms with Crippen LogP contribution in [0.5, 0.6) is 5.75 Å². The summed E-state index contributed by atoms with van der Waals surface area (Å²) in [4.78, 5) is 2.09. The van der Waals surface area contributed by atoms with Crippen molar-refractivity contribution in [1.29, 1.82) is 0 Å². The number of fused-ring (bicyclic) bond motifs is 2. The van der Waals surface area contributed by atoms with Crippen molar-refractivity contribution in [3.8, 4) is 5.75 Å². The largest absolute Gasteiger partial charge is 0.492 e. The molecule has 1 aromatic carbocycles. The molecule has 0 radical (unpaired) electrons. The maximum absolute atomic E-state index is 5.72. The van der Waals surface area contributed by atoms with E-state index in [9.17, 15) is 0 Å². The van der Waals surface area contributed by atoms with Gasteiger partial charge in [0.2, 0.25) is 0 Å². The van der Waals surface area contributed by atoms with Crippen molar-refractivity contribution in [3.63, 3.8) is 0 Å². The summed E-state index contributed by atoms with van der Waals surface area (Å²) in [5.74, 6) is 2.71. The summed E-state index contributed by atoms with van der Waals surface area (Å²) in [6.45, 7) is 1.46. The molecule has 0 saturated heterocycles. The molecule has 2 saturated carbocycles. The Bertz CT molecular complexity index is 479. The van der Waals surface area contributed by atoms with Gasteiger partial charge in [-0.1, -0.05) is 24.6 Å². The van der Waals surface area contributed by atoms with Gasteiger partial charge < -0.3 is 15.0 Å². The van der Waals surface area contributed by atoms with Crippen LogP contribution in [0.1, 0.15) is 25.7 Å². The monoisotopic (exact) mass is 304 g/mol. The summed E-state index contributed by atoms with van der Waals surface area (Å²) in [5, 5.41) is 4.43. The molecular weight excluding hydrogens is 280 g/mol. The van der Waals surface area contributed by atoms with Crippen LogP contribution in [0, 0.1) is 11.8 Å². The van der Waals surface area contributed by atoms with Gasteiger partial charge in [-0.15, -0.1) is 0 Å². The predicted molar refractivity (Wildman–Crippen MR) is 89.5 cm³/mol. The molecule has 3 rings (SSSR count). The molecule has 0 unspecified atom stereocenters. The van der Waals surface area contributed by atoms with Crippen LogP contribution >= 0.6 is 12.2 Å². The first-order valence-corrected chi connectivity index (χ1v) is 8.32. The van der Waals surface area contributed by atoms with Crippen molar-refractivity contribution in [2.75, 3.05) is 20.2 Å². The molecule has 114 valence electrons. The lowest BCUT2D eigenvalue weighted by atomic mass is 9.95. The third kappa shape index (κ3) is 3.67. The van der Waals surface area contributed by atoms with Gasteiger partial charge in [-0.05, 0) is 55.4 Å². The molecule has 4 heteroatoms. The average Bonchev–Trinajstić information content (AvgIpc) is 3.11. The maximum Gasteiger partial charge on any atom is 0.169 e. The Hall–Kier alpha value is -1.29. The SMILES string of the molecule is CN(CCOc1ccccc1)C(=S)N[C@@H]1C[C@H]2CC[C@@H]1C2. The normalized spacial score (nSPS) is 26.6. The van der Waals surface area contributed by atoms with Gasteiger partial charge in [-0.25, -0.2) is 0 Å². The van der Waals surface area contributed by atoms with Gasteiger partial charge in [-0.3, -0.25) is 0 Å². The second kappa shape index (κ2) is 6.65. The molecule has 0 spiro atoms. The predicted octanol–water partition coefficient (Wildman–Crippen LogP) is 3.06. The van der Waals surface area contributed by atoms with Crippen LogP contribution < -0.4 is 10.1 Å². The lowest BCUT2D eigenvalue weighted by Gasteiger charge is -2.28. The molecule has 2 aliphatic carbocycles. The number of thiocarbonyl (C=S) groups is 1. The highest BCUT2D eigenvalue weighted by atomic mass is 32.1. The summed E-state index contributed by atoms with van der Waals surface area (Å²) >= 11 is 5.52. The summed E-state index contributed by atoms with van der Waals surface area (Å²) in [6.07, 6.45) is 5.52. The van der Waals surface area contributed by atoms with E-state index in [4.69, 9.17) is 17.0 Å². The van der Waals surface area contributed by atoms with Crippen molar-refractivity contribution in [2.45, 2.75) is 31.7 Å². The lowest BCUT2D eigenvalue weighted by molar-refractivity contribution is 0.280. The third-order valence-electron chi connectivity index (χ3n) is 4.83. The molecule has 2 fully saturated rings. The van der Waals surface area contributed by atoms with Gasteiger partial charge >= 0.3 is 0 Å². The molecule has 0 aromatic heterocycles. The minimum Gasteiger partial charge on any atom is -0.492 e. The smallest absolute Gasteiger partial charge is 0.169 e. The first-order valence-electron chi connectivity index (χ1n) is 7.92. The second-order valence-electron chi connectivity index (χ2n) is 6.31. The van der Waals surface area contributed by atoms with E-state index in [1.807, 2.05) is 37.4 Å². The molecule has 0 amide bonds. The Kier molecular flexibility index (Phi) is 4.63. The van der Waals surface area contributed by atoms with Gasteiger partial charge in [0.05, 0.1) is 6.54 Å². The van der Waals surface area contributed by atoms with E-state index in [0.29, 0.717) is 12.6 Å². The van der Waals surface area contributed by atoms with E-state index in [1.54, 1.807) is 0 Å². The van der Waals surface area contributed by atoms with E-state index in [0.717, 1.165) is 29.2 Å². The van der Waals surface area contributed by atoms with E-state index in [-0.39, 0.29) is 0 Å². The van der Waals surface area contributed by atoms with Crippen molar-refractivity contribution >= 4 is 17.3 Å². The number of para-hydroxylation sites is 1. The van der Waals surface area contributed by atoms with Gasteiger partial charge in [0.1, 0.15) is 12.4 Å². The number of nitrogens with zero attached hydrogens (tertiary/aromatic N) is 1. The average molecular weight is 304 g/mol. The van der Waals surface area contributed by atoms with Crippen molar-refractivity contribution in [2.24, 2.45) is 11.8 Å². The first-order chi connectivity index (χ1) is 10.2. The van der Waals surface area contributed by atoms with Gasteiger partial charge in [0, 0.05) is 13.1 Å². The van der Waals surface area contributed by atoms with Crippen molar-refractivity contribution < 1.29 is 4.74 Å². The first kappa shape index (κ1) is 14.6. The van der Waals surface area contributed by atoms with E-state index in [2.05, 4.69) is 10.2 Å². The molecule has 1 aromatic rings. The van der Waals surface area contributed by atoms with Crippen molar-refractivity contribution in [1.82, 2.24) is 10.2 Å². The molecule has 1 N–H and O–H groups in total. The standard InChI is InChI=1S/C17H24N2OS/c1-19(9-10-20-15-5-3-2-4-6-15)17(21)18-16-12-13-7-8-14(16)11-13/h2-6,13-14,16H,7-12H2,1H3,(H,18,21)/t13-,14+,16+/m0/s1. The Balaban J connectivity index is 1.38. The molecular formula is C17H24N2OS. The number of nitrogens with one attached hydrogen (secondary N) is 1. The van der Waals surface area contributed by atoms with Crippen LogP contribution in [0.2, 0.25) is 0 Å². The number of benzene rings is 1. The fourth-order valence-corrected chi connectivity index (χ4v) is 3.85. The fourth-order valence-electron chi connectivity index (χ4n) is 3.61. The number of hydrogen-bond donors (Lipinski definition) is 1. The zero-order chi connectivity index (χ0) is 14.7. The van der Waals surface area contributed by atoms with Gasteiger partial charge in [-0.2, -0.15) is 0 Å². The summed E-state index contributed by atoms with van der Waals surface area (Å²) in [5.41, 5.74) is 0. The number of hydrogen-bond acceptors (Lipinski definition) is 2. The molecule has 0 heterocycles. The number of rotatable bonds is 5. The Labute approximate surface area is 132 Å². The van der Waals surface area contributed by atoms with Crippen LogP contribution in [-0.2, 0) is 0 Å². The zero-order valence-electron chi connectivity index (χ0n) is 12.6. The molecule has 0 aliphatic heterocycles. The highest BCUT2D eigenvalue weighted by Crippen LogP contribution is 2.44.